The lowest BCUT2D eigenvalue weighted by Crippen LogP contribution is -2.33. The fourth-order valence-electron chi connectivity index (χ4n) is 1.76. The summed E-state index contributed by atoms with van der Waals surface area (Å²) in [5.74, 6) is -0.507. The topological polar surface area (TPSA) is 33.6 Å². The molecule has 0 bridgehead atoms. The quantitative estimate of drug-likeness (QED) is 0.877. The maximum absolute atomic E-state index is 13.5. The van der Waals surface area contributed by atoms with Crippen molar-refractivity contribution in [1.82, 2.24) is 5.32 Å². The van der Waals surface area contributed by atoms with Crippen molar-refractivity contribution in [2.24, 2.45) is 4.99 Å². The molecule has 0 saturated carbocycles. The van der Waals surface area contributed by atoms with Crippen LogP contribution in [0.4, 0.5) is 8.78 Å². The first-order valence-corrected chi connectivity index (χ1v) is 5.48. The van der Waals surface area contributed by atoms with Crippen LogP contribution >= 0.6 is 0 Å². The number of aliphatic imine (C=N–C) groups is 1. The highest BCUT2D eigenvalue weighted by Gasteiger charge is 2.18. The van der Waals surface area contributed by atoms with Crippen molar-refractivity contribution in [3.8, 4) is 5.75 Å². The molecule has 1 atom stereocenters. The van der Waals surface area contributed by atoms with Crippen LogP contribution in [0.2, 0.25) is 0 Å². The summed E-state index contributed by atoms with van der Waals surface area (Å²) in [6.45, 7) is 4.86. The molecule has 0 amide bonds. The minimum absolute atomic E-state index is 0.0790. The molecule has 0 fully saturated rings. The Morgan fingerprint density at radius 3 is 2.76 bits per heavy atom. The molecule has 1 aromatic carbocycles. The summed E-state index contributed by atoms with van der Waals surface area (Å²) < 4.78 is 31.9. The van der Waals surface area contributed by atoms with Gasteiger partial charge in [0, 0.05) is 12.6 Å². The number of hydrogen-bond acceptors (Lipinski definition) is 3. The van der Waals surface area contributed by atoms with Crippen molar-refractivity contribution in [2.45, 2.75) is 20.0 Å². The molecule has 1 heterocycles. The van der Waals surface area contributed by atoms with Gasteiger partial charge in [-0.25, -0.2) is 8.78 Å². The van der Waals surface area contributed by atoms with Gasteiger partial charge in [-0.05, 0) is 25.5 Å². The van der Waals surface area contributed by atoms with Crippen LogP contribution in [0.1, 0.15) is 12.5 Å². The molecular weight excluding hydrogens is 226 g/mol. The van der Waals surface area contributed by atoms with E-state index in [-0.39, 0.29) is 11.9 Å². The SMILES string of the molecule is Cc1cc(F)cc(F)c1OC(C)C1=NCCN1. The van der Waals surface area contributed by atoms with Gasteiger partial charge in [0.05, 0.1) is 6.54 Å². The van der Waals surface area contributed by atoms with Crippen LogP contribution < -0.4 is 10.1 Å². The van der Waals surface area contributed by atoms with Gasteiger partial charge in [0.2, 0.25) is 0 Å². The summed E-state index contributed by atoms with van der Waals surface area (Å²) in [6, 6.07) is 2.06. The Bertz CT molecular complexity index is 437. The van der Waals surface area contributed by atoms with Crippen LogP contribution in [-0.4, -0.2) is 25.0 Å². The molecule has 1 aromatic rings. The highest BCUT2D eigenvalue weighted by Crippen LogP contribution is 2.24. The molecule has 0 spiro atoms. The van der Waals surface area contributed by atoms with Crippen LogP contribution in [0.3, 0.4) is 0 Å². The first-order valence-electron chi connectivity index (χ1n) is 5.48. The fourth-order valence-corrected chi connectivity index (χ4v) is 1.76. The number of rotatable bonds is 3. The van der Waals surface area contributed by atoms with Crippen LogP contribution in [0.15, 0.2) is 17.1 Å². The Morgan fingerprint density at radius 1 is 1.41 bits per heavy atom. The second-order valence-corrected chi connectivity index (χ2v) is 3.99. The summed E-state index contributed by atoms with van der Waals surface area (Å²) in [6.07, 6.45) is -0.365. The zero-order chi connectivity index (χ0) is 12.4. The third-order valence-corrected chi connectivity index (χ3v) is 2.57. The number of nitrogens with zero attached hydrogens (tertiary/aromatic N) is 1. The van der Waals surface area contributed by atoms with Crippen LogP contribution in [-0.2, 0) is 0 Å². The molecule has 0 radical (unpaired) electrons. The Morgan fingerprint density at radius 2 is 2.18 bits per heavy atom. The Hall–Kier alpha value is -1.65. The van der Waals surface area contributed by atoms with Gasteiger partial charge in [0.1, 0.15) is 11.7 Å². The molecule has 0 saturated heterocycles. The van der Waals surface area contributed by atoms with Gasteiger partial charge in [-0.15, -0.1) is 0 Å². The zero-order valence-electron chi connectivity index (χ0n) is 9.76. The lowest BCUT2D eigenvalue weighted by molar-refractivity contribution is 0.267. The third kappa shape index (κ3) is 2.54. The van der Waals surface area contributed by atoms with Crippen molar-refractivity contribution in [3.63, 3.8) is 0 Å². The summed E-state index contributed by atoms with van der Waals surface area (Å²) >= 11 is 0. The van der Waals surface area contributed by atoms with E-state index in [0.29, 0.717) is 17.9 Å². The zero-order valence-corrected chi connectivity index (χ0v) is 9.76. The van der Waals surface area contributed by atoms with Gasteiger partial charge in [-0.1, -0.05) is 0 Å². The molecule has 0 aliphatic carbocycles. The molecule has 92 valence electrons. The van der Waals surface area contributed by atoms with Crippen LogP contribution in [0, 0.1) is 18.6 Å². The smallest absolute Gasteiger partial charge is 0.168 e. The van der Waals surface area contributed by atoms with Crippen molar-refractivity contribution in [1.29, 1.82) is 0 Å². The number of benzene rings is 1. The predicted octanol–water partition coefficient (Wildman–Crippen LogP) is 2.04. The minimum atomic E-state index is -0.687. The standard InChI is InChI=1S/C12H14F2N2O/c1-7-5-9(13)6-10(14)11(7)17-8(2)12-15-3-4-16-12/h5-6,8H,3-4H2,1-2H3,(H,15,16). The summed E-state index contributed by atoms with van der Waals surface area (Å²) in [4.78, 5) is 4.19. The minimum Gasteiger partial charge on any atom is -0.479 e. The molecule has 1 aliphatic rings. The summed E-state index contributed by atoms with van der Waals surface area (Å²) in [5, 5.41) is 3.06. The molecule has 2 rings (SSSR count). The summed E-state index contributed by atoms with van der Waals surface area (Å²) in [7, 11) is 0. The molecule has 1 N–H and O–H groups in total. The molecule has 17 heavy (non-hydrogen) atoms. The van der Waals surface area contributed by atoms with Crippen molar-refractivity contribution >= 4 is 5.84 Å². The highest BCUT2D eigenvalue weighted by atomic mass is 19.1. The average molecular weight is 240 g/mol. The predicted molar refractivity (Wildman–Crippen MR) is 61.5 cm³/mol. The lowest BCUT2D eigenvalue weighted by Gasteiger charge is -2.17. The van der Waals surface area contributed by atoms with Crippen molar-refractivity contribution in [3.05, 3.63) is 29.3 Å². The summed E-state index contributed by atoms with van der Waals surface area (Å²) in [5.41, 5.74) is 0.438. The fraction of sp³-hybridized carbons (Fsp3) is 0.417. The maximum atomic E-state index is 13.5. The van der Waals surface area contributed by atoms with Gasteiger partial charge in [0.15, 0.2) is 17.7 Å². The van der Waals surface area contributed by atoms with E-state index in [0.717, 1.165) is 12.6 Å². The van der Waals surface area contributed by atoms with E-state index in [2.05, 4.69) is 10.3 Å². The van der Waals surface area contributed by atoms with E-state index >= 15 is 0 Å². The van der Waals surface area contributed by atoms with Crippen LogP contribution in [0.5, 0.6) is 5.75 Å². The third-order valence-electron chi connectivity index (χ3n) is 2.57. The number of aryl methyl sites for hydroxylation is 1. The second kappa shape index (κ2) is 4.69. The number of halogens is 2. The number of hydrogen-bond donors (Lipinski definition) is 1. The molecule has 3 nitrogen and oxygen atoms in total. The molecule has 0 aromatic heterocycles. The van der Waals surface area contributed by atoms with Crippen molar-refractivity contribution < 1.29 is 13.5 Å². The Labute approximate surface area is 98.5 Å². The number of ether oxygens (including phenoxy) is 1. The maximum Gasteiger partial charge on any atom is 0.168 e. The van der Waals surface area contributed by atoms with Gasteiger partial charge >= 0.3 is 0 Å². The van der Waals surface area contributed by atoms with E-state index in [1.54, 1.807) is 13.8 Å². The molecular formula is C12H14F2N2O. The monoisotopic (exact) mass is 240 g/mol. The van der Waals surface area contributed by atoms with E-state index in [4.69, 9.17) is 4.74 Å². The van der Waals surface area contributed by atoms with E-state index in [9.17, 15) is 8.78 Å². The first-order chi connectivity index (χ1) is 8.08. The molecule has 5 heteroatoms. The molecule has 1 aliphatic heterocycles. The number of nitrogens with one attached hydrogen (secondary N) is 1. The molecule has 1 unspecified atom stereocenters. The van der Waals surface area contributed by atoms with Crippen molar-refractivity contribution in [2.75, 3.05) is 13.1 Å². The van der Waals surface area contributed by atoms with Gasteiger partial charge in [-0.3, -0.25) is 4.99 Å². The highest BCUT2D eigenvalue weighted by molar-refractivity contribution is 5.87. The number of amidine groups is 1. The van der Waals surface area contributed by atoms with E-state index in [1.165, 1.54) is 6.07 Å². The van der Waals surface area contributed by atoms with E-state index < -0.39 is 11.6 Å². The largest absolute Gasteiger partial charge is 0.479 e. The van der Waals surface area contributed by atoms with E-state index in [1.807, 2.05) is 0 Å². The van der Waals surface area contributed by atoms with Crippen LogP contribution in [0.25, 0.3) is 0 Å². The van der Waals surface area contributed by atoms with Gasteiger partial charge < -0.3 is 10.1 Å². The van der Waals surface area contributed by atoms with Gasteiger partial charge in [0.25, 0.3) is 0 Å². The second-order valence-electron chi connectivity index (χ2n) is 3.99. The lowest BCUT2D eigenvalue weighted by atomic mass is 10.2. The van der Waals surface area contributed by atoms with Gasteiger partial charge in [-0.2, -0.15) is 0 Å². The average Bonchev–Trinajstić information content (AvgIpc) is 2.76. The Balaban J connectivity index is 2.18. The Kier molecular flexibility index (Phi) is 3.26. The first kappa shape index (κ1) is 11.8. The normalized spacial score (nSPS) is 16.4.